The predicted molar refractivity (Wildman–Crippen MR) is 64.5 cm³/mol. The van der Waals surface area contributed by atoms with Gasteiger partial charge in [-0.2, -0.15) is 0 Å². The lowest BCUT2D eigenvalue weighted by molar-refractivity contribution is 0.0199. The molecule has 0 spiro atoms. The minimum atomic E-state index is -1.25. The number of likely N-dealkylation sites (tertiary alicyclic amines) is 1. The van der Waals surface area contributed by atoms with Gasteiger partial charge in [0.05, 0.1) is 0 Å². The second-order valence-corrected chi connectivity index (χ2v) is 4.24. The highest BCUT2D eigenvalue weighted by atomic mass is 16.7. The number of piperidine rings is 1. The molecule has 2 rings (SSSR count). The standard InChI is InChI=1S/C13H15NO4/c15-12(10-4-2-1-3-5-10)14-8-6-11(7-9-14)18-13(16)17/h1-5,11H,6-9H2,(H,16,17). The molecular weight excluding hydrogens is 234 g/mol. The molecular formula is C13H15NO4. The van der Waals surface area contributed by atoms with Crippen molar-refractivity contribution in [2.75, 3.05) is 13.1 Å². The molecule has 1 aliphatic heterocycles. The Balaban J connectivity index is 1.90. The van der Waals surface area contributed by atoms with Gasteiger partial charge in [-0.05, 0) is 12.1 Å². The number of ether oxygens (including phenoxy) is 1. The van der Waals surface area contributed by atoms with Crippen molar-refractivity contribution in [2.45, 2.75) is 18.9 Å². The monoisotopic (exact) mass is 249 g/mol. The number of rotatable bonds is 2. The van der Waals surface area contributed by atoms with Crippen LogP contribution >= 0.6 is 0 Å². The molecule has 0 radical (unpaired) electrons. The third-order valence-electron chi connectivity index (χ3n) is 3.02. The van der Waals surface area contributed by atoms with E-state index in [1.807, 2.05) is 18.2 Å². The van der Waals surface area contributed by atoms with Gasteiger partial charge in [0.2, 0.25) is 0 Å². The summed E-state index contributed by atoms with van der Waals surface area (Å²) >= 11 is 0. The van der Waals surface area contributed by atoms with E-state index in [-0.39, 0.29) is 12.0 Å². The highest BCUT2D eigenvalue weighted by Gasteiger charge is 2.25. The first-order valence-corrected chi connectivity index (χ1v) is 5.90. The number of carboxylic acid groups (broad SMARTS) is 1. The first-order chi connectivity index (χ1) is 8.66. The Kier molecular flexibility index (Phi) is 3.82. The second kappa shape index (κ2) is 5.53. The number of carbonyl (C=O) groups excluding carboxylic acids is 1. The van der Waals surface area contributed by atoms with E-state index in [1.165, 1.54) is 0 Å². The molecule has 1 N–H and O–H groups in total. The molecule has 1 aromatic rings. The van der Waals surface area contributed by atoms with E-state index in [0.717, 1.165) is 0 Å². The van der Waals surface area contributed by atoms with Crippen LogP contribution in [0.25, 0.3) is 0 Å². The lowest BCUT2D eigenvalue weighted by Gasteiger charge is -2.31. The maximum atomic E-state index is 12.1. The molecule has 1 saturated heterocycles. The van der Waals surface area contributed by atoms with Crippen LogP contribution in [-0.2, 0) is 4.74 Å². The molecule has 5 nitrogen and oxygen atoms in total. The Bertz CT molecular complexity index is 424. The molecule has 0 saturated carbocycles. The topological polar surface area (TPSA) is 66.8 Å². The lowest BCUT2D eigenvalue weighted by atomic mass is 10.1. The number of nitrogens with zero attached hydrogens (tertiary/aromatic N) is 1. The van der Waals surface area contributed by atoms with E-state index in [9.17, 15) is 9.59 Å². The van der Waals surface area contributed by atoms with Gasteiger partial charge in [0.25, 0.3) is 5.91 Å². The summed E-state index contributed by atoms with van der Waals surface area (Å²) in [6.45, 7) is 1.07. The van der Waals surface area contributed by atoms with E-state index < -0.39 is 6.16 Å². The van der Waals surface area contributed by atoms with Crippen LogP contribution in [0.4, 0.5) is 4.79 Å². The second-order valence-electron chi connectivity index (χ2n) is 4.24. The Labute approximate surface area is 105 Å². The van der Waals surface area contributed by atoms with Crippen molar-refractivity contribution in [3.8, 4) is 0 Å². The van der Waals surface area contributed by atoms with Crippen molar-refractivity contribution in [3.63, 3.8) is 0 Å². The molecule has 96 valence electrons. The highest BCUT2D eigenvalue weighted by Crippen LogP contribution is 2.16. The average molecular weight is 249 g/mol. The number of hydrogen-bond donors (Lipinski definition) is 1. The summed E-state index contributed by atoms with van der Waals surface area (Å²) < 4.78 is 4.70. The van der Waals surface area contributed by atoms with Gasteiger partial charge in [0.1, 0.15) is 6.10 Å². The molecule has 1 aromatic carbocycles. The van der Waals surface area contributed by atoms with Crippen molar-refractivity contribution >= 4 is 12.1 Å². The summed E-state index contributed by atoms with van der Waals surface area (Å²) in [6.07, 6.45) is -0.416. The van der Waals surface area contributed by atoms with Gasteiger partial charge in [-0.15, -0.1) is 0 Å². The van der Waals surface area contributed by atoms with Gasteiger partial charge in [0, 0.05) is 31.5 Å². The molecule has 1 aliphatic rings. The minimum absolute atomic E-state index is 0.00984. The molecule has 1 fully saturated rings. The van der Waals surface area contributed by atoms with Crippen molar-refractivity contribution in [2.24, 2.45) is 0 Å². The Morgan fingerprint density at radius 3 is 2.33 bits per heavy atom. The largest absolute Gasteiger partial charge is 0.506 e. The van der Waals surface area contributed by atoms with Gasteiger partial charge in [0.15, 0.2) is 0 Å². The van der Waals surface area contributed by atoms with Crippen molar-refractivity contribution in [3.05, 3.63) is 35.9 Å². The van der Waals surface area contributed by atoms with Crippen LogP contribution in [-0.4, -0.2) is 41.3 Å². The molecule has 0 aliphatic carbocycles. The van der Waals surface area contributed by atoms with Gasteiger partial charge in [-0.3, -0.25) is 4.79 Å². The van der Waals surface area contributed by atoms with Crippen LogP contribution in [0.2, 0.25) is 0 Å². The summed E-state index contributed by atoms with van der Waals surface area (Å²) in [6, 6.07) is 9.08. The fourth-order valence-electron chi connectivity index (χ4n) is 2.08. The highest BCUT2D eigenvalue weighted by molar-refractivity contribution is 5.94. The number of hydrogen-bond acceptors (Lipinski definition) is 3. The summed E-state index contributed by atoms with van der Waals surface area (Å²) in [7, 11) is 0. The van der Waals surface area contributed by atoms with Crippen LogP contribution < -0.4 is 0 Å². The molecule has 18 heavy (non-hydrogen) atoms. The summed E-state index contributed by atoms with van der Waals surface area (Å²) in [5.74, 6) is -0.00984. The number of amides is 1. The molecule has 1 amide bonds. The van der Waals surface area contributed by atoms with Gasteiger partial charge in [-0.25, -0.2) is 4.79 Å². The van der Waals surface area contributed by atoms with Crippen LogP contribution in [0.5, 0.6) is 0 Å². The molecule has 5 heteroatoms. The molecule has 1 heterocycles. The Morgan fingerprint density at radius 1 is 1.17 bits per heavy atom. The van der Waals surface area contributed by atoms with Gasteiger partial charge < -0.3 is 14.7 Å². The molecule has 0 bridgehead atoms. The van der Waals surface area contributed by atoms with Crippen LogP contribution in [0.3, 0.4) is 0 Å². The van der Waals surface area contributed by atoms with Gasteiger partial charge in [-0.1, -0.05) is 18.2 Å². The van der Waals surface area contributed by atoms with E-state index in [4.69, 9.17) is 9.84 Å². The summed E-state index contributed by atoms with van der Waals surface area (Å²) in [4.78, 5) is 24.2. The smallest absolute Gasteiger partial charge is 0.450 e. The van der Waals surface area contributed by atoms with Crippen LogP contribution in [0.1, 0.15) is 23.2 Å². The zero-order chi connectivity index (χ0) is 13.0. The van der Waals surface area contributed by atoms with Crippen molar-refractivity contribution in [1.29, 1.82) is 0 Å². The molecule has 0 unspecified atom stereocenters. The fraction of sp³-hybridized carbons (Fsp3) is 0.385. The normalized spacial score (nSPS) is 16.3. The average Bonchev–Trinajstić information content (AvgIpc) is 2.39. The zero-order valence-corrected chi connectivity index (χ0v) is 9.91. The number of benzene rings is 1. The third kappa shape index (κ3) is 3.00. The quantitative estimate of drug-likeness (QED) is 0.814. The third-order valence-corrected chi connectivity index (χ3v) is 3.02. The summed E-state index contributed by atoms with van der Waals surface area (Å²) in [5, 5.41) is 8.52. The van der Waals surface area contributed by atoms with Crippen LogP contribution in [0, 0.1) is 0 Å². The maximum absolute atomic E-state index is 12.1. The van der Waals surface area contributed by atoms with Crippen molar-refractivity contribution < 1.29 is 19.4 Å². The minimum Gasteiger partial charge on any atom is -0.450 e. The SMILES string of the molecule is O=C(O)OC1CCN(C(=O)c2ccccc2)CC1. The molecule has 0 atom stereocenters. The van der Waals surface area contributed by atoms with E-state index in [0.29, 0.717) is 31.5 Å². The molecule has 0 aromatic heterocycles. The lowest BCUT2D eigenvalue weighted by Crippen LogP contribution is -2.41. The van der Waals surface area contributed by atoms with Crippen LogP contribution in [0.15, 0.2) is 30.3 Å². The predicted octanol–water partition coefficient (Wildman–Crippen LogP) is 1.99. The first kappa shape index (κ1) is 12.4. The maximum Gasteiger partial charge on any atom is 0.506 e. The first-order valence-electron chi connectivity index (χ1n) is 5.90. The summed E-state index contributed by atoms with van der Waals surface area (Å²) in [5.41, 5.74) is 0.662. The van der Waals surface area contributed by atoms with E-state index in [1.54, 1.807) is 17.0 Å². The number of carbonyl (C=O) groups is 2. The zero-order valence-electron chi connectivity index (χ0n) is 9.91. The van der Waals surface area contributed by atoms with E-state index in [2.05, 4.69) is 0 Å². The fourth-order valence-corrected chi connectivity index (χ4v) is 2.08. The Morgan fingerprint density at radius 2 is 1.78 bits per heavy atom. The van der Waals surface area contributed by atoms with E-state index >= 15 is 0 Å². The van der Waals surface area contributed by atoms with Gasteiger partial charge >= 0.3 is 6.16 Å². The van der Waals surface area contributed by atoms with Crippen molar-refractivity contribution in [1.82, 2.24) is 4.90 Å². The Hall–Kier alpha value is -2.04.